The summed E-state index contributed by atoms with van der Waals surface area (Å²) in [6.45, 7) is 18.2. The molecule has 226 valence electrons. The van der Waals surface area contributed by atoms with Crippen LogP contribution in [0.4, 0.5) is 4.79 Å². The highest BCUT2D eigenvalue weighted by atomic mass is 16.7. The Morgan fingerprint density at radius 3 is 1.70 bits per heavy atom. The number of benzene rings is 1. The van der Waals surface area contributed by atoms with E-state index in [-0.39, 0.29) is 41.8 Å². The van der Waals surface area contributed by atoms with Gasteiger partial charge in [-0.15, -0.1) is 0 Å². The molecule has 10 heteroatoms. The van der Waals surface area contributed by atoms with Gasteiger partial charge in [-0.1, -0.05) is 61.5 Å². The number of hydrogen-bond donors (Lipinski definition) is 2. The molecule has 0 aliphatic heterocycles. The Kier molecular flexibility index (Phi) is 13.6. The monoisotopic (exact) mass is 565 g/mol. The van der Waals surface area contributed by atoms with Crippen LogP contribution in [0.3, 0.4) is 0 Å². The van der Waals surface area contributed by atoms with Gasteiger partial charge in [0.25, 0.3) is 0 Å². The number of carboxylic acids is 1. The molecule has 1 aromatic rings. The van der Waals surface area contributed by atoms with Crippen molar-refractivity contribution in [2.75, 3.05) is 0 Å². The van der Waals surface area contributed by atoms with Gasteiger partial charge in [0.15, 0.2) is 11.5 Å². The number of carbonyl (C=O) groups excluding carboxylic acids is 3. The van der Waals surface area contributed by atoms with Crippen molar-refractivity contribution in [1.29, 1.82) is 0 Å². The van der Waals surface area contributed by atoms with E-state index in [4.69, 9.17) is 24.7 Å². The van der Waals surface area contributed by atoms with Gasteiger partial charge in [-0.2, -0.15) is 0 Å². The van der Waals surface area contributed by atoms with Gasteiger partial charge in [0, 0.05) is 5.92 Å². The summed E-state index contributed by atoms with van der Waals surface area (Å²) >= 11 is 0. The Morgan fingerprint density at radius 2 is 1.25 bits per heavy atom. The van der Waals surface area contributed by atoms with Gasteiger partial charge in [-0.3, -0.25) is 14.4 Å². The van der Waals surface area contributed by atoms with Crippen LogP contribution in [0.15, 0.2) is 18.2 Å². The molecule has 1 aromatic carbocycles. The topological polar surface area (TPSA) is 151 Å². The van der Waals surface area contributed by atoms with Crippen molar-refractivity contribution in [3.8, 4) is 11.5 Å². The highest BCUT2D eigenvalue weighted by Crippen LogP contribution is 2.36. The van der Waals surface area contributed by atoms with Crippen molar-refractivity contribution in [1.82, 2.24) is 0 Å². The van der Waals surface area contributed by atoms with E-state index in [9.17, 15) is 24.3 Å². The Bertz CT molecular complexity index is 1020. The van der Waals surface area contributed by atoms with Gasteiger partial charge in [0.2, 0.25) is 0 Å². The number of ether oxygens (including phenoxy) is 4. The van der Waals surface area contributed by atoms with Crippen molar-refractivity contribution in [3.63, 3.8) is 0 Å². The van der Waals surface area contributed by atoms with Crippen LogP contribution in [0.5, 0.6) is 11.5 Å². The number of nitrogens with two attached hydrogens (primary N) is 1. The first kappa shape index (κ1) is 34.9. The Labute approximate surface area is 237 Å². The first-order valence-corrected chi connectivity index (χ1v) is 13.9. The fraction of sp³-hybridized carbons (Fsp3) is 0.667. The largest absolute Gasteiger partial charge is 0.508 e. The number of rotatable bonds is 14. The molecule has 3 N–H and O–H groups in total. The Balaban J connectivity index is 3.40. The Morgan fingerprint density at radius 1 is 0.750 bits per heavy atom. The molecule has 10 nitrogen and oxygen atoms in total. The lowest BCUT2D eigenvalue weighted by molar-refractivity contribution is -0.142. The summed E-state index contributed by atoms with van der Waals surface area (Å²) < 4.78 is 21.9. The van der Waals surface area contributed by atoms with E-state index in [2.05, 4.69) is 0 Å². The van der Waals surface area contributed by atoms with Crippen LogP contribution < -0.4 is 15.2 Å². The Hall–Kier alpha value is -3.14. The smallest absolute Gasteiger partial charge is 0.480 e. The first-order valence-electron chi connectivity index (χ1n) is 13.9. The molecule has 40 heavy (non-hydrogen) atoms. The fourth-order valence-electron chi connectivity index (χ4n) is 3.41. The normalized spacial score (nSPS) is 16.1. The van der Waals surface area contributed by atoms with Crippen LogP contribution in [0, 0.1) is 29.6 Å². The van der Waals surface area contributed by atoms with E-state index in [1.165, 1.54) is 12.1 Å². The van der Waals surface area contributed by atoms with Crippen LogP contribution in [0.1, 0.15) is 87.1 Å². The quantitative estimate of drug-likeness (QED) is 0.217. The minimum atomic E-state index is -1.37. The SMILES string of the molecule is CC(CC(c1ccc(OC(=O)C(C)C(C)C)c(OC(=O)C(C)C(C)C)c1)[C@H](N)C(=O)O)OC(=O)OC(C)C(C)C. The summed E-state index contributed by atoms with van der Waals surface area (Å²) in [5, 5.41) is 9.71. The summed E-state index contributed by atoms with van der Waals surface area (Å²) in [5.41, 5.74) is 6.47. The lowest BCUT2D eigenvalue weighted by Crippen LogP contribution is -2.38. The molecule has 0 aliphatic rings. The maximum Gasteiger partial charge on any atom is 0.508 e. The summed E-state index contributed by atoms with van der Waals surface area (Å²) in [5.74, 6) is -3.89. The average molecular weight is 566 g/mol. The predicted molar refractivity (Wildman–Crippen MR) is 150 cm³/mol. The van der Waals surface area contributed by atoms with Gasteiger partial charge in [0.1, 0.15) is 18.2 Å². The predicted octanol–water partition coefficient (Wildman–Crippen LogP) is 5.55. The lowest BCUT2D eigenvalue weighted by Gasteiger charge is -2.26. The molecular weight excluding hydrogens is 518 g/mol. The minimum Gasteiger partial charge on any atom is -0.480 e. The molecular formula is C30H47NO9. The third kappa shape index (κ3) is 10.4. The number of hydrogen-bond acceptors (Lipinski definition) is 9. The minimum absolute atomic E-state index is 0.00741. The molecule has 0 bridgehead atoms. The number of carboxylic acid groups (broad SMARTS) is 1. The summed E-state index contributed by atoms with van der Waals surface area (Å²) in [7, 11) is 0. The van der Waals surface area contributed by atoms with E-state index >= 15 is 0 Å². The van der Waals surface area contributed by atoms with Crippen LogP contribution >= 0.6 is 0 Å². The standard InChI is InChI=1S/C30H47NO9/c1-15(2)19(8)28(34)39-24-12-11-22(14-25(24)40-29(35)20(9)16(3)4)23(26(31)27(32)33)13-18(7)37-30(36)38-21(10)17(5)6/h11-12,14-21,23,26H,13,31H2,1-10H3,(H,32,33)/t18?,19?,20?,21?,23?,26-/m0/s1. The first-order chi connectivity index (χ1) is 18.5. The van der Waals surface area contributed by atoms with E-state index in [0.717, 1.165) is 0 Å². The molecule has 0 fully saturated rings. The molecule has 0 saturated carbocycles. The van der Waals surface area contributed by atoms with E-state index in [0.29, 0.717) is 5.56 Å². The van der Waals surface area contributed by atoms with E-state index in [1.54, 1.807) is 33.8 Å². The summed E-state index contributed by atoms with van der Waals surface area (Å²) in [6, 6.07) is 3.09. The number of aliphatic carboxylic acids is 1. The van der Waals surface area contributed by atoms with E-state index < -0.39 is 54.0 Å². The van der Waals surface area contributed by atoms with Gasteiger partial charge in [-0.25, -0.2) is 4.79 Å². The molecule has 0 aromatic heterocycles. The van der Waals surface area contributed by atoms with Crippen LogP contribution in [0.25, 0.3) is 0 Å². The molecule has 0 radical (unpaired) electrons. The van der Waals surface area contributed by atoms with Gasteiger partial charge < -0.3 is 29.8 Å². The highest BCUT2D eigenvalue weighted by molar-refractivity contribution is 5.79. The fourth-order valence-corrected chi connectivity index (χ4v) is 3.41. The van der Waals surface area contributed by atoms with Crippen LogP contribution in [0.2, 0.25) is 0 Å². The lowest BCUT2D eigenvalue weighted by atomic mass is 9.87. The molecule has 0 spiro atoms. The average Bonchev–Trinajstić information content (AvgIpc) is 2.86. The van der Waals surface area contributed by atoms with E-state index in [1.807, 2.05) is 41.5 Å². The summed E-state index contributed by atoms with van der Waals surface area (Å²) in [4.78, 5) is 49.7. The van der Waals surface area contributed by atoms with Gasteiger partial charge >= 0.3 is 24.1 Å². The maximum atomic E-state index is 12.8. The molecule has 0 aliphatic carbocycles. The third-order valence-corrected chi connectivity index (χ3v) is 7.38. The van der Waals surface area contributed by atoms with Crippen LogP contribution in [-0.4, -0.2) is 47.4 Å². The molecule has 6 atom stereocenters. The van der Waals surface area contributed by atoms with Crippen molar-refractivity contribution in [3.05, 3.63) is 23.8 Å². The van der Waals surface area contributed by atoms with Crippen molar-refractivity contribution in [2.24, 2.45) is 35.3 Å². The molecule has 1 rings (SSSR count). The van der Waals surface area contributed by atoms with Crippen molar-refractivity contribution in [2.45, 2.75) is 99.8 Å². The zero-order chi connectivity index (χ0) is 30.9. The zero-order valence-electron chi connectivity index (χ0n) is 25.4. The zero-order valence-corrected chi connectivity index (χ0v) is 25.4. The van der Waals surface area contributed by atoms with Crippen molar-refractivity contribution >= 4 is 24.1 Å². The van der Waals surface area contributed by atoms with Gasteiger partial charge in [-0.05, 0) is 55.7 Å². The van der Waals surface area contributed by atoms with Gasteiger partial charge in [0.05, 0.1) is 11.8 Å². The highest BCUT2D eigenvalue weighted by Gasteiger charge is 2.31. The molecule has 0 heterocycles. The molecule has 0 amide bonds. The second-order valence-corrected chi connectivity index (χ2v) is 11.6. The summed E-state index contributed by atoms with van der Waals surface area (Å²) in [6.07, 6.45) is -1.94. The number of esters is 2. The van der Waals surface area contributed by atoms with Crippen LogP contribution in [-0.2, 0) is 23.9 Å². The third-order valence-electron chi connectivity index (χ3n) is 7.38. The second-order valence-electron chi connectivity index (χ2n) is 11.6. The second kappa shape index (κ2) is 15.6. The molecule has 5 unspecified atom stereocenters. The molecule has 0 saturated heterocycles. The maximum absolute atomic E-state index is 12.8. The number of carbonyl (C=O) groups is 4. The van der Waals surface area contributed by atoms with Crippen molar-refractivity contribution < 1.29 is 43.2 Å².